The molecule has 0 radical (unpaired) electrons. The molecule has 0 aliphatic carbocycles. The Bertz CT molecular complexity index is 1110. The number of primary amides is 1. The summed E-state index contributed by atoms with van der Waals surface area (Å²) in [5.74, 6) is -0.331. The van der Waals surface area contributed by atoms with Gasteiger partial charge < -0.3 is 25.1 Å². The predicted octanol–water partition coefficient (Wildman–Crippen LogP) is 2.89. The normalized spacial score (nSPS) is 13.2. The number of para-hydroxylation sites is 1. The van der Waals surface area contributed by atoms with E-state index in [2.05, 4.69) is 11.1 Å². The van der Waals surface area contributed by atoms with E-state index >= 15 is 0 Å². The van der Waals surface area contributed by atoms with Crippen LogP contribution in [0, 0.1) is 0 Å². The van der Waals surface area contributed by atoms with Crippen LogP contribution < -0.4 is 15.2 Å². The molecule has 2 heterocycles. The Labute approximate surface area is 172 Å². The van der Waals surface area contributed by atoms with Crippen LogP contribution in [0.3, 0.4) is 0 Å². The first-order chi connectivity index (χ1) is 14.0. The highest BCUT2D eigenvalue weighted by molar-refractivity contribution is 6.32. The minimum atomic E-state index is -0.633. The van der Waals surface area contributed by atoms with E-state index in [4.69, 9.17) is 26.8 Å². The topological polar surface area (TPSA) is 97.7 Å². The Morgan fingerprint density at radius 3 is 2.83 bits per heavy atom. The largest absolute Gasteiger partial charge is 0.493 e. The van der Waals surface area contributed by atoms with Gasteiger partial charge in [-0.25, -0.2) is 0 Å². The van der Waals surface area contributed by atoms with Crippen LogP contribution in [0.5, 0.6) is 11.5 Å². The molecule has 1 aromatic heterocycles. The van der Waals surface area contributed by atoms with Gasteiger partial charge in [-0.2, -0.15) is 0 Å². The number of halogens is 1. The number of fused-ring (bicyclic) bond motifs is 3. The molecule has 3 aromatic rings. The number of nitrogens with zero attached hydrogens (tertiary/aromatic N) is 1. The average molecular weight is 414 g/mol. The number of H-pyrrole nitrogens is 1. The first-order valence-electron chi connectivity index (χ1n) is 9.14. The fourth-order valence-electron chi connectivity index (χ4n) is 3.65. The van der Waals surface area contributed by atoms with Crippen molar-refractivity contribution in [3.8, 4) is 11.5 Å². The van der Waals surface area contributed by atoms with E-state index in [9.17, 15) is 9.59 Å². The Morgan fingerprint density at radius 2 is 2.07 bits per heavy atom. The number of methoxy groups -OCH3 is 1. The van der Waals surface area contributed by atoms with Gasteiger partial charge in [0.1, 0.15) is 0 Å². The molecule has 7 nitrogen and oxygen atoms in total. The fourth-order valence-corrected chi connectivity index (χ4v) is 3.91. The van der Waals surface area contributed by atoms with Crippen LogP contribution >= 0.6 is 11.6 Å². The first-order valence-corrected chi connectivity index (χ1v) is 9.52. The van der Waals surface area contributed by atoms with E-state index < -0.39 is 5.91 Å². The van der Waals surface area contributed by atoms with Crippen LogP contribution in [-0.2, 0) is 17.8 Å². The third-order valence-corrected chi connectivity index (χ3v) is 5.29. The molecule has 2 aromatic carbocycles. The van der Waals surface area contributed by atoms with Gasteiger partial charge in [0.25, 0.3) is 11.8 Å². The number of hydrogen-bond donors (Lipinski definition) is 2. The van der Waals surface area contributed by atoms with Crippen LogP contribution in [0.2, 0.25) is 5.02 Å². The lowest BCUT2D eigenvalue weighted by atomic mass is 10.0. The number of carbonyl (C=O) groups is 2. The summed E-state index contributed by atoms with van der Waals surface area (Å²) in [4.78, 5) is 29.4. The third-order valence-electron chi connectivity index (χ3n) is 5.01. The molecule has 0 saturated carbocycles. The molecule has 1 aliphatic rings. The number of benzene rings is 2. The zero-order chi connectivity index (χ0) is 20.5. The SMILES string of the molecule is COc1cc(C(=O)N2CCc3[nH]c4ccccc4c3C2)cc(Cl)c1OCC(N)=O. The van der Waals surface area contributed by atoms with Crippen LogP contribution in [-0.4, -0.2) is 42.0 Å². The van der Waals surface area contributed by atoms with E-state index in [0.717, 1.165) is 22.9 Å². The van der Waals surface area contributed by atoms with Crippen molar-refractivity contribution in [2.45, 2.75) is 13.0 Å². The molecule has 0 unspecified atom stereocenters. The highest BCUT2D eigenvalue weighted by Crippen LogP contribution is 2.37. The quantitative estimate of drug-likeness (QED) is 0.672. The van der Waals surface area contributed by atoms with Crippen molar-refractivity contribution >= 4 is 34.3 Å². The number of hydrogen-bond acceptors (Lipinski definition) is 4. The molecular formula is C21H20ClN3O4. The van der Waals surface area contributed by atoms with Crippen molar-refractivity contribution in [1.29, 1.82) is 0 Å². The van der Waals surface area contributed by atoms with Gasteiger partial charge in [-0.15, -0.1) is 0 Å². The van der Waals surface area contributed by atoms with Gasteiger partial charge in [0.05, 0.1) is 12.1 Å². The average Bonchev–Trinajstić information content (AvgIpc) is 3.09. The minimum absolute atomic E-state index is 0.150. The van der Waals surface area contributed by atoms with Crippen LogP contribution in [0.1, 0.15) is 21.6 Å². The summed E-state index contributed by atoms with van der Waals surface area (Å²) in [6, 6.07) is 11.2. The van der Waals surface area contributed by atoms with E-state index in [1.54, 1.807) is 11.0 Å². The number of nitrogens with two attached hydrogens (primary N) is 1. The maximum absolute atomic E-state index is 13.2. The predicted molar refractivity (Wildman–Crippen MR) is 109 cm³/mol. The lowest BCUT2D eigenvalue weighted by Crippen LogP contribution is -2.35. The van der Waals surface area contributed by atoms with Crippen molar-refractivity contribution in [1.82, 2.24) is 9.88 Å². The number of rotatable bonds is 5. The molecule has 1 aliphatic heterocycles. The van der Waals surface area contributed by atoms with Crippen molar-refractivity contribution in [2.24, 2.45) is 5.73 Å². The Hall–Kier alpha value is -3.19. The second-order valence-corrected chi connectivity index (χ2v) is 7.26. The summed E-state index contributed by atoms with van der Waals surface area (Å²) < 4.78 is 10.6. The third kappa shape index (κ3) is 3.61. The van der Waals surface area contributed by atoms with Gasteiger partial charge in [0, 0.05) is 47.2 Å². The molecule has 0 saturated heterocycles. The lowest BCUT2D eigenvalue weighted by molar-refractivity contribution is -0.119. The molecule has 0 bridgehead atoms. The number of amides is 2. The van der Waals surface area contributed by atoms with Crippen molar-refractivity contribution in [2.75, 3.05) is 20.3 Å². The number of aromatic amines is 1. The van der Waals surface area contributed by atoms with Crippen molar-refractivity contribution < 1.29 is 19.1 Å². The van der Waals surface area contributed by atoms with Crippen LogP contribution in [0.4, 0.5) is 0 Å². The highest BCUT2D eigenvalue weighted by atomic mass is 35.5. The number of ether oxygens (including phenoxy) is 2. The summed E-state index contributed by atoms with van der Waals surface area (Å²) in [7, 11) is 1.44. The molecule has 150 valence electrons. The molecular weight excluding hydrogens is 394 g/mol. The van der Waals surface area contributed by atoms with Gasteiger partial charge in [-0.3, -0.25) is 9.59 Å². The van der Waals surface area contributed by atoms with Gasteiger partial charge in [0.15, 0.2) is 18.1 Å². The van der Waals surface area contributed by atoms with Crippen LogP contribution in [0.25, 0.3) is 10.9 Å². The molecule has 2 amide bonds. The van der Waals surface area contributed by atoms with E-state index in [0.29, 0.717) is 18.7 Å². The van der Waals surface area contributed by atoms with E-state index in [1.807, 2.05) is 18.2 Å². The van der Waals surface area contributed by atoms with E-state index in [-0.39, 0.29) is 29.0 Å². The number of carbonyl (C=O) groups excluding carboxylic acids is 2. The molecule has 29 heavy (non-hydrogen) atoms. The fraction of sp³-hybridized carbons (Fsp3) is 0.238. The smallest absolute Gasteiger partial charge is 0.255 e. The highest BCUT2D eigenvalue weighted by Gasteiger charge is 2.26. The number of nitrogens with one attached hydrogen (secondary N) is 1. The van der Waals surface area contributed by atoms with Gasteiger partial charge >= 0.3 is 0 Å². The summed E-state index contributed by atoms with van der Waals surface area (Å²) in [5.41, 5.74) is 8.89. The lowest BCUT2D eigenvalue weighted by Gasteiger charge is -2.27. The molecule has 3 N–H and O–H groups in total. The Kier molecular flexibility index (Phi) is 5.07. The van der Waals surface area contributed by atoms with Crippen molar-refractivity contribution in [3.05, 3.63) is 58.2 Å². The zero-order valence-electron chi connectivity index (χ0n) is 15.8. The summed E-state index contributed by atoms with van der Waals surface area (Å²) in [6.45, 7) is 0.773. The first kappa shape index (κ1) is 19.1. The number of aromatic nitrogens is 1. The van der Waals surface area contributed by atoms with Crippen LogP contribution in [0.15, 0.2) is 36.4 Å². The Morgan fingerprint density at radius 1 is 1.28 bits per heavy atom. The molecule has 4 rings (SSSR count). The van der Waals surface area contributed by atoms with Gasteiger partial charge in [0.2, 0.25) is 0 Å². The second-order valence-electron chi connectivity index (χ2n) is 6.85. The molecule has 0 fully saturated rings. The summed E-state index contributed by atoms with van der Waals surface area (Å²) in [6.07, 6.45) is 0.750. The summed E-state index contributed by atoms with van der Waals surface area (Å²) >= 11 is 6.29. The summed E-state index contributed by atoms with van der Waals surface area (Å²) in [5, 5.41) is 1.31. The zero-order valence-corrected chi connectivity index (χ0v) is 16.6. The van der Waals surface area contributed by atoms with Gasteiger partial charge in [-0.05, 0) is 18.2 Å². The molecule has 8 heteroatoms. The monoisotopic (exact) mass is 413 g/mol. The molecule has 0 spiro atoms. The maximum Gasteiger partial charge on any atom is 0.255 e. The minimum Gasteiger partial charge on any atom is -0.493 e. The maximum atomic E-state index is 13.2. The van der Waals surface area contributed by atoms with Gasteiger partial charge in [-0.1, -0.05) is 29.8 Å². The van der Waals surface area contributed by atoms with E-state index in [1.165, 1.54) is 18.9 Å². The standard InChI is InChI=1S/C21H20ClN3O4/c1-28-18-9-12(8-15(22)20(18)29-11-19(23)26)21(27)25-7-6-17-14(10-25)13-4-2-3-5-16(13)24-17/h2-5,8-9,24H,6-7,10-11H2,1H3,(H2,23,26). The second kappa shape index (κ2) is 7.67. The van der Waals surface area contributed by atoms with Crippen molar-refractivity contribution in [3.63, 3.8) is 0 Å². The Balaban J connectivity index is 1.61. The molecule has 0 atom stereocenters.